The van der Waals surface area contributed by atoms with Crippen molar-refractivity contribution in [2.24, 2.45) is 16.8 Å². The van der Waals surface area contributed by atoms with Gasteiger partial charge in [-0.25, -0.2) is 4.39 Å². The van der Waals surface area contributed by atoms with Crippen molar-refractivity contribution in [3.05, 3.63) is 17.2 Å². The highest BCUT2D eigenvalue weighted by Crippen LogP contribution is 2.23. The minimum absolute atomic E-state index is 0.0866. The molecule has 2 aliphatic heterocycles. The van der Waals surface area contributed by atoms with Gasteiger partial charge in [0.15, 0.2) is 6.30 Å². The minimum atomic E-state index is -1.12. The topological polar surface area (TPSA) is 104 Å². The van der Waals surface area contributed by atoms with Gasteiger partial charge in [-0.2, -0.15) is 4.91 Å². The lowest BCUT2D eigenvalue weighted by molar-refractivity contribution is 0.221. The van der Waals surface area contributed by atoms with E-state index < -0.39 is 12.3 Å². The van der Waals surface area contributed by atoms with Crippen molar-refractivity contribution >= 4 is 0 Å². The first-order valence-corrected chi connectivity index (χ1v) is 7.04. The van der Waals surface area contributed by atoms with Gasteiger partial charge in [0, 0.05) is 38.4 Å². The first kappa shape index (κ1) is 15.3. The Labute approximate surface area is 117 Å². The van der Waals surface area contributed by atoms with E-state index in [0.717, 1.165) is 19.6 Å². The van der Waals surface area contributed by atoms with Gasteiger partial charge in [-0.3, -0.25) is 10.6 Å². The second-order valence-electron chi connectivity index (χ2n) is 5.29. The van der Waals surface area contributed by atoms with Gasteiger partial charge >= 0.3 is 0 Å². The van der Waals surface area contributed by atoms with Crippen LogP contribution in [0, 0.1) is 10.8 Å². The van der Waals surface area contributed by atoms with Crippen molar-refractivity contribution < 1.29 is 4.39 Å². The number of halogens is 1. The van der Waals surface area contributed by atoms with Crippen LogP contribution in [-0.2, 0) is 0 Å². The number of nitroso groups, excluding NO2 is 1. The largest absolute Gasteiger partial charge is 0.362 e. The van der Waals surface area contributed by atoms with E-state index in [-0.39, 0.29) is 24.7 Å². The quantitative estimate of drug-likeness (QED) is 0.252. The third kappa shape index (κ3) is 4.48. The number of hydrogen-bond acceptors (Lipinski definition) is 7. The number of piperazine rings is 1. The summed E-state index contributed by atoms with van der Waals surface area (Å²) in [5.74, 6) is -0.200. The third-order valence-electron chi connectivity index (χ3n) is 3.68. The zero-order valence-electron chi connectivity index (χ0n) is 11.4. The zero-order chi connectivity index (χ0) is 14.4. The summed E-state index contributed by atoms with van der Waals surface area (Å²) in [7, 11) is 0. The second-order valence-corrected chi connectivity index (χ2v) is 5.29. The Morgan fingerprint density at radius 2 is 2.35 bits per heavy atom. The third-order valence-corrected chi connectivity index (χ3v) is 3.68. The second kappa shape index (κ2) is 7.63. The van der Waals surface area contributed by atoms with Gasteiger partial charge in [0.25, 0.3) is 0 Å². The molecule has 0 aromatic heterocycles. The molecular formula is C12H23FN6O. The maximum absolute atomic E-state index is 13.3. The van der Waals surface area contributed by atoms with Gasteiger partial charge in [0.1, 0.15) is 6.04 Å². The SMILES string of the molecule is NC(CC(N=O)C1C=CNC(F)C1)NC1CNCCN1. The summed E-state index contributed by atoms with van der Waals surface area (Å²) in [5.41, 5.74) is 6.01. The molecule has 0 spiro atoms. The summed E-state index contributed by atoms with van der Waals surface area (Å²) >= 11 is 0. The lowest BCUT2D eigenvalue weighted by atomic mass is 9.91. The molecule has 2 rings (SSSR count). The fourth-order valence-corrected chi connectivity index (χ4v) is 2.61. The number of nitrogens with zero attached hydrogens (tertiary/aromatic N) is 1. The Balaban J connectivity index is 1.80. The van der Waals surface area contributed by atoms with E-state index >= 15 is 0 Å². The van der Waals surface area contributed by atoms with E-state index in [9.17, 15) is 9.30 Å². The average molecular weight is 286 g/mol. The van der Waals surface area contributed by atoms with E-state index in [0.29, 0.717) is 6.42 Å². The standard InChI is InChI=1S/C12H23FN6O/c13-10-5-8(1-2-16-10)9(19-20)6-11(14)18-12-7-15-3-4-17-12/h1-2,8-12,15-18H,3-7,14H2. The van der Waals surface area contributed by atoms with Gasteiger partial charge < -0.3 is 16.4 Å². The molecule has 6 N–H and O–H groups in total. The van der Waals surface area contributed by atoms with Crippen LogP contribution in [-0.4, -0.2) is 44.3 Å². The summed E-state index contributed by atoms with van der Waals surface area (Å²) in [4.78, 5) is 11.0. The fraction of sp³-hybridized carbons (Fsp3) is 0.833. The van der Waals surface area contributed by atoms with Crippen molar-refractivity contribution in [1.29, 1.82) is 0 Å². The molecular weight excluding hydrogens is 263 g/mol. The first-order valence-electron chi connectivity index (χ1n) is 7.04. The smallest absolute Gasteiger partial charge is 0.170 e. The van der Waals surface area contributed by atoms with Crippen LogP contribution in [0.5, 0.6) is 0 Å². The Morgan fingerprint density at radius 3 is 3.00 bits per heavy atom. The Hall–Kier alpha value is -1.09. The number of alkyl halides is 1. The molecule has 114 valence electrons. The van der Waals surface area contributed by atoms with E-state index in [4.69, 9.17) is 5.73 Å². The monoisotopic (exact) mass is 286 g/mol. The Kier molecular flexibility index (Phi) is 5.84. The van der Waals surface area contributed by atoms with Crippen LogP contribution >= 0.6 is 0 Å². The van der Waals surface area contributed by atoms with Crippen molar-refractivity contribution in [2.75, 3.05) is 19.6 Å². The van der Waals surface area contributed by atoms with Crippen LogP contribution in [0.25, 0.3) is 0 Å². The number of rotatable bonds is 6. The molecule has 5 unspecified atom stereocenters. The molecule has 0 saturated carbocycles. The molecule has 0 radical (unpaired) electrons. The number of nitrogens with two attached hydrogens (primary N) is 1. The Bertz CT molecular complexity index is 336. The molecule has 1 fully saturated rings. The molecule has 8 heteroatoms. The van der Waals surface area contributed by atoms with Crippen molar-refractivity contribution in [2.45, 2.75) is 37.5 Å². The molecule has 5 atom stereocenters. The molecule has 0 aliphatic carbocycles. The van der Waals surface area contributed by atoms with Gasteiger partial charge in [0.2, 0.25) is 0 Å². The highest BCUT2D eigenvalue weighted by molar-refractivity contribution is 4.99. The summed E-state index contributed by atoms with van der Waals surface area (Å²) in [6.45, 7) is 2.59. The van der Waals surface area contributed by atoms with E-state index in [1.807, 2.05) is 0 Å². The van der Waals surface area contributed by atoms with E-state index in [1.165, 1.54) is 0 Å². The normalized spacial score (nSPS) is 33.2. The van der Waals surface area contributed by atoms with Crippen LogP contribution in [0.3, 0.4) is 0 Å². The fourth-order valence-electron chi connectivity index (χ4n) is 2.61. The van der Waals surface area contributed by atoms with Crippen LogP contribution in [0.1, 0.15) is 12.8 Å². The summed E-state index contributed by atoms with van der Waals surface area (Å²) in [6.07, 6.45) is 2.59. The van der Waals surface area contributed by atoms with Crippen molar-refractivity contribution in [3.63, 3.8) is 0 Å². The maximum Gasteiger partial charge on any atom is 0.170 e. The van der Waals surface area contributed by atoms with Gasteiger partial charge in [-0.15, -0.1) is 0 Å². The molecule has 0 bridgehead atoms. The lowest BCUT2D eigenvalue weighted by Gasteiger charge is -2.30. The number of nitrogens with one attached hydrogen (secondary N) is 4. The molecule has 2 aliphatic rings. The molecule has 2 heterocycles. The highest BCUT2D eigenvalue weighted by atomic mass is 19.1. The minimum Gasteiger partial charge on any atom is -0.362 e. The lowest BCUT2D eigenvalue weighted by Crippen LogP contribution is -2.60. The highest BCUT2D eigenvalue weighted by Gasteiger charge is 2.28. The molecule has 1 saturated heterocycles. The van der Waals surface area contributed by atoms with Gasteiger partial charge in [-0.1, -0.05) is 11.3 Å². The van der Waals surface area contributed by atoms with Crippen LogP contribution in [0.4, 0.5) is 4.39 Å². The van der Waals surface area contributed by atoms with Crippen LogP contribution in [0.15, 0.2) is 17.5 Å². The molecule has 0 aromatic carbocycles. The summed E-state index contributed by atoms with van der Waals surface area (Å²) in [6, 6.07) is -0.509. The van der Waals surface area contributed by atoms with Crippen LogP contribution < -0.4 is 27.0 Å². The first-order chi connectivity index (χ1) is 9.69. The van der Waals surface area contributed by atoms with Gasteiger partial charge in [-0.05, 0) is 6.20 Å². The average Bonchev–Trinajstić information content (AvgIpc) is 2.46. The Morgan fingerprint density at radius 1 is 1.50 bits per heavy atom. The van der Waals surface area contributed by atoms with Crippen molar-refractivity contribution in [1.82, 2.24) is 21.3 Å². The van der Waals surface area contributed by atoms with Gasteiger partial charge in [0.05, 0.1) is 12.3 Å². The van der Waals surface area contributed by atoms with E-state index in [1.54, 1.807) is 12.3 Å². The number of hydrogen-bond donors (Lipinski definition) is 5. The predicted molar refractivity (Wildman–Crippen MR) is 75.3 cm³/mol. The van der Waals surface area contributed by atoms with E-state index in [2.05, 4.69) is 26.4 Å². The molecule has 7 nitrogen and oxygen atoms in total. The zero-order valence-corrected chi connectivity index (χ0v) is 11.4. The predicted octanol–water partition coefficient (Wildman–Crippen LogP) is -0.676. The van der Waals surface area contributed by atoms with Crippen molar-refractivity contribution in [3.8, 4) is 0 Å². The van der Waals surface area contributed by atoms with Crippen LogP contribution in [0.2, 0.25) is 0 Å². The molecule has 0 aromatic rings. The molecule has 0 amide bonds. The summed E-state index contributed by atoms with van der Waals surface area (Å²) in [5, 5.41) is 15.4. The maximum atomic E-state index is 13.3. The molecule has 20 heavy (non-hydrogen) atoms. The summed E-state index contributed by atoms with van der Waals surface area (Å²) < 4.78 is 13.3.